The predicted molar refractivity (Wildman–Crippen MR) is 55.5 cm³/mol. The standard InChI is InChI=1S/C10H17NO4/c1-7(2)6-9(12)11-4-5-15-8(3)10(13)14/h6,8H,4-5H2,1-3H3,(H,11,12)(H,13,14). The third kappa shape index (κ3) is 7.69. The van der Waals surface area contributed by atoms with Gasteiger partial charge in [0.1, 0.15) is 0 Å². The summed E-state index contributed by atoms with van der Waals surface area (Å²) in [6, 6.07) is 0. The van der Waals surface area contributed by atoms with Crippen LogP contribution in [0.4, 0.5) is 0 Å². The smallest absolute Gasteiger partial charge is 0.332 e. The van der Waals surface area contributed by atoms with Gasteiger partial charge in [-0.1, -0.05) is 5.57 Å². The minimum atomic E-state index is -1.01. The van der Waals surface area contributed by atoms with Crippen molar-refractivity contribution in [1.29, 1.82) is 0 Å². The summed E-state index contributed by atoms with van der Waals surface area (Å²) >= 11 is 0. The number of hydrogen-bond donors (Lipinski definition) is 2. The largest absolute Gasteiger partial charge is 0.479 e. The Morgan fingerprint density at radius 2 is 2.07 bits per heavy atom. The summed E-state index contributed by atoms with van der Waals surface area (Å²) in [6.07, 6.45) is 0.631. The summed E-state index contributed by atoms with van der Waals surface area (Å²) in [5, 5.41) is 11.1. The number of rotatable bonds is 6. The summed E-state index contributed by atoms with van der Waals surface area (Å²) in [5.74, 6) is -1.20. The normalized spacial score (nSPS) is 11.7. The first-order valence-corrected chi connectivity index (χ1v) is 4.70. The third-order valence-corrected chi connectivity index (χ3v) is 1.54. The lowest BCUT2D eigenvalue weighted by molar-refractivity contribution is -0.148. The number of carbonyl (C=O) groups is 2. The first kappa shape index (κ1) is 13.6. The molecule has 0 aromatic heterocycles. The van der Waals surface area contributed by atoms with Crippen LogP contribution >= 0.6 is 0 Å². The molecule has 1 atom stereocenters. The van der Waals surface area contributed by atoms with Crippen molar-refractivity contribution in [2.45, 2.75) is 26.9 Å². The Hall–Kier alpha value is -1.36. The highest BCUT2D eigenvalue weighted by molar-refractivity contribution is 5.87. The van der Waals surface area contributed by atoms with Crippen molar-refractivity contribution in [1.82, 2.24) is 5.32 Å². The van der Waals surface area contributed by atoms with Crippen molar-refractivity contribution in [3.05, 3.63) is 11.6 Å². The first-order valence-electron chi connectivity index (χ1n) is 4.70. The molecule has 2 N–H and O–H groups in total. The zero-order valence-electron chi connectivity index (χ0n) is 9.24. The van der Waals surface area contributed by atoms with Crippen LogP contribution in [0.15, 0.2) is 11.6 Å². The number of aliphatic carboxylic acids is 1. The van der Waals surface area contributed by atoms with Gasteiger partial charge in [-0.3, -0.25) is 4.79 Å². The van der Waals surface area contributed by atoms with Crippen LogP contribution < -0.4 is 5.32 Å². The lowest BCUT2D eigenvalue weighted by Crippen LogP contribution is -2.29. The van der Waals surface area contributed by atoms with E-state index < -0.39 is 12.1 Å². The molecule has 0 bridgehead atoms. The summed E-state index contributed by atoms with van der Waals surface area (Å²) in [6.45, 7) is 5.58. The van der Waals surface area contributed by atoms with Gasteiger partial charge in [-0.2, -0.15) is 0 Å². The molecular formula is C10H17NO4. The topological polar surface area (TPSA) is 75.6 Å². The third-order valence-electron chi connectivity index (χ3n) is 1.54. The second-order valence-electron chi connectivity index (χ2n) is 3.36. The highest BCUT2D eigenvalue weighted by atomic mass is 16.5. The Labute approximate surface area is 89.1 Å². The molecule has 0 heterocycles. The number of nitrogens with one attached hydrogen (secondary N) is 1. The van der Waals surface area contributed by atoms with Crippen LogP contribution in [0, 0.1) is 0 Å². The molecule has 15 heavy (non-hydrogen) atoms. The summed E-state index contributed by atoms with van der Waals surface area (Å²) in [5.41, 5.74) is 0.910. The van der Waals surface area contributed by atoms with Crippen molar-refractivity contribution in [3.63, 3.8) is 0 Å². The van der Waals surface area contributed by atoms with E-state index in [0.29, 0.717) is 6.54 Å². The van der Waals surface area contributed by atoms with Crippen LogP contribution in [0.3, 0.4) is 0 Å². The summed E-state index contributed by atoms with van der Waals surface area (Å²) in [7, 11) is 0. The van der Waals surface area contributed by atoms with E-state index in [4.69, 9.17) is 9.84 Å². The Morgan fingerprint density at radius 1 is 1.47 bits per heavy atom. The Kier molecular flexibility index (Phi) is 6.37. The van der Waals surface area contributed by atoms with Crippen LogP contribution in [0.5, 0.6) is 0 Å². The van der Waals surface area contributed by atoms with E-state index in [0.717, 1.165) is 5.57 Å². The zero-order valence-corrected chi connectivity index (χ0v) is 9.24. The molecule has 1 unspecified atom stereocenters. The maximum Gasteiger partial charge on any atom is 0.332 e. The lowest BCUT2D eigenvalue weighted by Gasteiger charge is -2.08. The Bertz CT molecular complexity index is 256. The highest BCUT2D eigenvalue weighted by Crippen LogP contribution is 1.90. The highest BCUT2D eigenvalue weighted by Gasteiger charge is 2.09. The van der Waals surface area contributed by atoms with E-state index in [-0.39, 0.29) is 12.5 Å². The molecule has 0 aliphatic heterocycles. The van der Waals surface area contributed by atoms with Crippen molar-refractivity contribution >= 4 is 11.9 Å². The van der Waals surface area contributed by atoms with Crippen LogP contribution in [0.25, 0.3) is 0 Å². The molecule has 0 saturated heterocycles. The van der Waals surface area contributed by atoms with E-state index in [9.17, 15) is 9.59 Å². The number of carbonyl (C=O) groups excluding carboxylic acids is 1. The molecule has 5 nitrogen and oxygen atoms in total. The van der Waals surface area contributed by atoms with Crippen LogP contribution in [0.1, 0.15) is 20.8 Å². The molecule has 0 aromatic carbocycles. The molecule has 0 radical (unpaired) electrons. The number of amides is 1. The molecule has 86 valence electrons. The maximum absolute atomic E-state index is 11.1. The van der Waals surface area contributed by atoms with E-state index in [1.165, 1.54) is 13.0 Å². The van der Waals surface area contributed by atoms with E-state index >= 15 is 0 Å². The second-order valence-corrected chi connectivity index (χ2v) is 3.36. The van der Waals surface area contributed by atoms with Crippen LogP contribution in [-0.2, 0) is 14.3 Å². The average Bonchev–Trinajstić information content (AvgIpc) is 2.10. The van der Waals surface area contributed by atoms with Gasteiger partial charge in [-0.25, -0.2) is 4.79 Å². The zero-order chi connectivity index (χ0) is 11.8. The van der Waals surface area contributed by atoms with Gasteiger partial charge in [0.25, 0.3) is 0 Å². The fourth-order valence-electron chi connectivity index (χ4n) is 0.794. The van der Waals surface area contributed by atoms with E-state index in [1.807, 2.05) is 13.8 Å². The Balaban J connectivity index is 3.59. The van der Waals surface area contributed by atoms with Gasteiger partial charge in [-0.05, 0) is 20.8 Å². The number of ether oxygens (including phenoxy) is 1. The van der Waals surface area contributed by atoms with Gasteiger partial charge in [-0.15, -0.1) is 0 Å². The fraction of sp³-hybridized carbons (Fsp3) is 0.600. The lowest BCUT2D eigenvalue weighted by atomic mass is 10.3. The molecule has 0 saturated carbocycles. The predicted octanol–water partition coefficient (Wildman–Crippen LogP) is 0.558. The van der Waals surface area contributed by atoms with Crippen LogP contribution in [-0.4, -0.2) is 36.2 Å². The monoisotopic (exact) mass is 215 g/mol. The molecule has 0 spiro atoms. The van der Waals surface area contributed by atoms with E-state index in [2.05, 4.69) is 5.32 Å². The average molecular weight is 215 g/mol. The Morgan fingerprint density at radius 3 is 2.53 bits per heavy atom. The number of carboxylic acids is 1. The van der Waals surface area contributed by atoms with E-state index in [1.54, 1.807) is 0 Å². The molecule has 0 aliphatic carbocycles. The van der Waals surface area contributed by atoms with Gasteiger partial charge in [0.05, 0.1) is 6.61 Å². The van der Waals surface area contributed by atoms with Crippen molar-refractivity contribution in [2.75, 3.05) is 13.2 Å². The van der Waals surface area contributed by atoms with Gasteiger partial charge >= 0.3 is 5.97 Å². The SMILES string of the molecule is CC(C)=CC(=O)NCCOC(C)C(=O)O. The molecule has 0 fully saturated rings. The molecule has 1 amide bonds. The van der Waals surface area contributed by atoms with Gasteiger partial charge in [0, 0.05) is 12.6 Å². The number of hydrogen-bond acceptors (Lipinski definition) is 3. The minimum Gasteiger partial charge on any atom is -0.479 e. The number of allylic oxidation sites excluding steroid dienone is 1. The molecule has 0 aromatic rings. The van der Waals surface area contributed by atoms with Gasteiger partial charge in [0.2, 0.25) is 5.91 Å². The van der Waals surface area contributed by atoms with Crippen molar-refractivity contribution in [3.8, 4) is 0 Å². The fourth-order valence-corrected chi connectivity index (χ4v) is 0.794. The molecule has 0 aliphatic rings. The second kappa shape index (κ2) is 7.00. The maximum atomic E-state index is 11.1. The van der Waals surface area contributed by atoms with Crippen molar-refractivity contribution < 1.29 is 19.4 Å². The van der Waals surface area contributed by atoms with Gasteiger partial charge < -0.3 is 15.2 Å². The quantitative estimate of drug-likeness (QED) is 0.501. The molecule has 5 heteroatoms. The van der Waals surface area contributed by atoms with Gasteiger partial charge in [0.15, 0.2) is 6.10 Å². The van der Waals surface area contributed by atoms with Crippen molar-refractivity contribution in [2.24, 2.45) is 0 Å². The molecular weight excluding hydrogens is 198 g/mol. The molecule has 0 rings (SSSR count). The first-order chi connectivity index (χ1) is 6.93. The number of carboxylic acid groups (broad SMARTS) is 1. The summed E-state index contributed by atoms with van der Waals surface area (Å²) < 4.78 is 4.92. The van der Waals surface area contributed by atoms with Crippen LogP contribution in [0.2, 0.25) is 0 Å². The minimum absolute atomic E-state index is 0.190. The summed E-state index contributed by atoms with van der Waals surface area (Å²) in [4.78, 5) is 21.4.